The minimum Gasteiger partial charge on any atom is -0.490 e. The van der Waals surface area contributed by atoms with E-state index in [4.69, 9.17) is 26.8 Å². The minimum atomic E-state index is -0.370. The molecule has 1 heterocycles. The number of hydrogen-bond donors (Lipinski definition) is 1. The highest BCUT2D eigenvalue weighted by Gasteiger charge is 2.24. The second-order valence-electron chi connectivity index (χ2n) is 9.48. The van der Waals surface area contributed by atoms with Crippen LogP contribution in [0.25, 0.3) is 11.1 Å². The van der Waals surface area contributed by atoms with E-state index in [0.29, 0.717) is 17.3 Å². The first-order chi connectivity index (χ1) is 18.4. The van der Waals surface area contributed by atoms with Crippen molar-refractivity contribution in [3.63, 3.8) is 0 Å². The van der Waals surface area contributed by atoms with Crippen LogP contribution in [-0.2, 0) is 0 Å². The fraction of sp³-hybridized carbons (Fsp3) is 0.375. The van der Waals surface area contributed by atoms with Crippen LogP contribution in [0.2, 0.25) is 5.02 Å². The molecule has 0 radical (unpaired) electrons. The molecule has 3 aromatic rings. The van der Waals surface area contributed by atoms with Gasteiger partial charge in [-0.25, -0.2) is 4.39 Å². The highest BCUT2D eigenvalue weighted by molar-refractivity contribution is 7.16. The topological polar surface area (TPSA) is 44.5 Å². The summed E-state index contributed by atoms with van der Waals surface area (Å²) >= 11 is 6.43. The van der Waals surface area contributed by atoms with Crippen LogP contribution < -0.4 is 15.2 Å². The number of rotatable bonds is 10. The van der Waals surface area contributed by atoms with Gasteiger partial charge < -0.3 is 15.2 Å². The molecular weight excluding hydrogens is 516 g/mol. The molecule has 0 aliphatic carbocycles. The van der Waals surface area contributed by atoms with Crippen molar-refractivity contribution in [2.75, 3.05) is 18.5 Å². The highest BCUT2D eigenvalue weighted by Crippen LogP contribution is 2.43. The zero-order chi connectivity index (χ0) is 27.5. The van der Waals surface area contributed by atoms with Gasteiger partial charge >= 0.3 is 0 Å². The van der Waals surface area contributed by atoms with Gasteiger partial charge in [0, 0.05) is 28.5 Å². The van der Waals surface area contributed by atoms with Crippen molar-refractivity contribution in [1.82, 2.24) is 0 Å². The number of anilines is 1. The highest BCUT2D eigenvalue weighted by atomic mass is 35.5. The van der Waals surface area contributed by atoms with E-state index in [9.17, 15) is 4.39 Å². The van der Waals surface area contributed by atoms with Gasteiger partial charge in [-0.3, -0.25) is 0 Å². The van der Waals surface area contributed by atoms with E-state index in [-0.39, 0.29) is 11.9 Å². The molecule has 0 bridgehead atoms. The van der Waals surface area contributed by atoms with Gasteiger partial charge in [0.05, 0.1) is 11.1 Å². The molecule has 6 heteroatoms. The van der Waals surface area contributed by atoms with Crippen molar-refractivity contribution in [3.8, 4) is 11.5 Å². The molecule has 0 saturated carbocycles. The molecule has 2 atom stereocenters. The Hall–Kier alpha value is -2.55. The smallest absolute Gasteiger partial charge is 0.129 e. The first kappa shape index (κ1) is 30.0. The number of benzene rings is 3. The summed E-state index contributed by atoms with van der Waals surface area (Å²) < 4.78 is 25.9. The van der Waals surface area contributed by atoms with Crippen LogP contribution in [0.4, 0.5) is 10.1 Å². The van der Waals surface area contributed by atoms with Gasteiger partial charge in [-0.1, -0.05) is 69.8 Å². The lowest BCUT2D eigenvalue weighted by Crippen LogP contribution is -2.15. The van der Waals surface area contributed by atoms with Gasteiger partial charge in [0.1, 0.15) is 23.9 Å². The maximum absolute atomic E-state index is 13.7. The van der Waals surface area contributed by atoms with E-state index in [0.717, 1.165) is 58.6 Å². The van der Waals surface area contributed by atoms with Crippen molar-refractivity contribution >= 4 is 37.7 Å². The Balaban J connectivity index is 0.000000599. The first-order valence-electron chi connectivity index (χ1n) is 13.6. The van der Waals surface area contributed by atoms with Crippen molar-refractivity contribution in [1.29, 1.82) is 0 Å². The van der Waals surface area contributed by atoms with Crippen molar-refractivity contribution < 1.29 is 13.9 Å². The van der Waals surface area contributed by atoms with E-state index in [1.165, 1.54) is 37.6 Å². The summed E-state index contributed by atoms with van der Waals surface area (Å²) in [6.07, 6.45) is 8.69. The zero-order valence-corrected chi connectivity index (χ0v) is 24.6. The summed E-state index contributed by atoms with van der Waals surface area (Å²) in [5.41, 5.74) is 11.2. The molecule has 38 heavy (non-hydrogen) atoms. The summed E-state index contributed by atoms with van der Waals surface area (Å²) in [5, 5.41) is 0.352. The van der Waals surface area contributed by atoms with Crippen LogP contribution >= 0.6 is 20.8 Å². The minimum absolute atomic E-state index is 0.213. The molecule has 4 rings (SSSR count). The SMILES string of the molecule is CCCC(CC)Oc1ccc(C2=C(c3ccc(F)cc3Cl)COc3cc(N)ccc32)cc1.CCCCCP. The van der Waals surface area contributed by atoms with Gasteiger partial charge in [0.2, 0.25) is 0 Å². The lowest BCUT2D eigenvalue weighted by atomic mass is 9.87. The quantitative estimate of drug-likeness (QED) is 0.154. The van der Waals surface area contributed by atoms with Crippen LogP contribution in [-0.4, -0.2) is 18.9 Å². The molecule has 2 unspecified atom stereocenters. The van der Waals surface area contributed by atoms with Gasteiger partial charge in [-0.2, -0.15) is 0 Å². The third-order valence-corrected chi connectivity index (χ3v) is 7.25. The normalized spacial score (nSPS) is 13.2. The van der Waals surface area contributed by atoms with E-state index >= 15 is 0 Å². The maximum Gasteiger partial charge on any atom is 0.129 e. The fourth-order valence-corrected chi connectivity index (χ4v) is 5.05. The first-order valence-corrected chi connectivity index (χ1v) is 14.8. The second-order valence-corrected chi connectivity index (χ2v) is 10.5. The Kier molecular flexibility index (Phi) is 12.0. The van der Waals surface area contributed by atoms with Gasteiger partial charge in [0.25, 0.3) is 0 Å². The molecule has 0 aromatic heterocycles. The lowest BCUT2D eigenvalue weighted by molar-refractivity contribution is 0.186. The molecule has 3 nitrogen and oxygen atoms in total. The van der Waals surface area contributed by atoms with Crippen LogP contribution in [0.15, 0.2) is 60.7 Å². The fourth-order valence-electron chi connectivity index (χ4n) is 4.48. The summed E-state index contributed by atoms with van der Waals surface area (Å²) in [6, 6.07) is 18.2. The standard InChI is InChI=1S/C27H27ClFNO2.C5H13P/c1-3-5-20(4-2)32-21-10-6-17(7-11-21)27-23-13-9-19(30)15-26(23)31-16-24(27)22-12-8-18(29)14-25(22)28;1-2-3-4-5-6/h6-15,20H,3-5,16,30H2,1-2H3;2-6H2,1H3. The van der Waals surface area contributed by atoms with E-state index in [2.05, 4.69) is 30.0 Å². The Morgan fingerprint density at radius 2 is 1.71 bits per heavy atom. The Bertz CT molecular complexity index is 1210. The molecule has 204 valence electrons. The summed E-state index contributed by atoms with van der Waals surface area (Å²) in [6.45, 7) is 6.84. The third-order valence-electron chi connectivity index (χ3n) is 6.52. The van der Waals surface area contributed by atoms with Crippen LogP contribution in [0.5, 0.6) is 11.5 Å². The predicted molar refractivity (Wildman–Crippen MR) is 164 cm³/mol. The average Bonchev–Trinajstić information content (AvgIpc) is 2.92. The van der Waals surface area contributed by atoms with Crippen LogP contribution in [0.3, 0.4) is 0 Å². The number of unbranched alkanes of at least 4 members (excludes halogenated alkanes) is 2. The van der Waals surface area contributed by atoms with Gasteiger partial charge in [-0.05, 0) is 73.0 Å². The summed E-state index contributed by atoms with van der Waals surface area (Å²) in [7, 11) is 2.73. The summed E-state index contributed by atoms with van der Waals surface area (Å²) in [5.74, 6) is 1.20. The number of hydrogen-bond acceptors (Lipinski definition) is 3. The van der Waals surface area contributed by atoms with Crippen molar-refractivity contribution in [3.05, 3.63) is 88.2 Å². The lowest BCUT2D eigenvalue weighted by Gasteiger charge is -2.26. The molecule has 0 fully saturated rings. The van der Waals surface area contributed by atoms with Crippen LogP contribution in [0, 0.1) is 5.82 Å². The molecule has 0 saturated heterocycles. The molecule has 1 aliphatic rings. The average molecular weight is 556 g/mol. The summed E-state index contributed by atoms with van der Waals surface area (Å²) in [4.78, 5) is 0. The predicted octanol–water partition coefficient (Wildman–Crippen LogP) is 9.42. The van der Waals surface area contributed by atoms with Crippen molar-refractivity contribution in [2.45, 2.75) is 65.4 Å². The van der Waals surface area contributed by atoms with Gasteiger partial charge in [0.15, 0.2) is 0 Å². The molecule has 1 aliphatic heterocycles. The largest absolute Gasteiger partial charge is 0.490 e. The van der Waals surface area contributed by atoms with Gasteiger partial charge in [-0.15, -0.1) is 9.24 Å². The molecule has 0 amide bonds. The third kappa shape index (κ3) is 7.98. The number of ether oxygens (including phenoxy) is 2. The molecular formula is C32H40ClFNO2P. The number of nitrogen functional groups attached to an aromatic ring is 1. The van der Waals surface area contributed by atoms with E-state index in [1.807, 2.05) is 42.5 Å². The monoisotopic (exact) mass is 555 g/mol. The van der Waals surface area contributed by atoms with E-state index in [1.54, 1.807) is 6.07 Å². The molecule has 3 aromatic carbocycles. The van der Waals surface area contributed by atoms with Crippen LogP contribution in [0.1, 0.15) is 76.0 Å². The number of fused-ring (bicyclic) bond motifs is 1. The van der Waals surface area contributed by atoms with E-state index < -0.39 is 0 Å². The van der Waals surface area contributed by atoms with Crippen molar-refractivity contribution in [2.24, 2.45) is 0 Å². The Labute approximate surface area is 234 Å². The number of halogens is 2. The second kappa shape index (κ2) is 15.1. The Morgan fingerprint density at radius 3 is 2.32 bits per heavy atom. The zero-order valence-electron chi connectivity index (χ0n) is 22.7. The maximum atomic E-state index is 13.7. The molecule has 0 spiro atoms. The Morgan fingerprint density at radius 1 is 0.974 bits per heavy atom. The molecule has 2 N–H and O–H groups in total. The number of nitrogens with two attached hydrogens (primary N) is 1.